The van der Waals surface area contributed by atoms with Crippen LogP contribution in [0.4, 0.5) is 5.88 Å². The lowest BCUT2D eigenvalue weighted by atomic mass is 9.99. The van der Waals surface area contributed by atoms with Crippen LogP contribution in [-0.2, 0) is 0 Å². The molecule has 230 valence electrons. The highest BCUT2D eigenvalue weighted by Crippen LogP contribution is 2.39. The zero-order valence-corrected chi connectivity index (χ0v) is 26.1. The van der Waals surface area contributed by atoms with E-state index >= 15 is 0 Å². The summed E-state index contributed by atoms with van der Waals surface area (Å²) in [5.41, 5.74) is 14.7. The topological polar surface area (TPSA) is 89.0 Å². The molecule has 0 spiro atoms. The number of rotatable bonds is 5. The van der Waals surface area contributed by atoms with Crippen LogP contribution in [0.1, 0.15) is 29.8 Å². The van der Waals surface area contributed by atoms with Crippen LogP contribution in [0.2, 0.25) is 0 Å². The minimum Gasteiger partial charge on any atom is -0.456 e. The molecule has 1 aliphatic heterocycles. The number of hydrogen-bond acceptors (Lipinski definition) is 6. The van der Waals surface area contributed by atoms with Gasteiger partial charge in [0.1, 0.15) is 28.4 Å². The summed E-state index contributed by atoms with van der Waals surface area (Å²) in [7, 11) is 0. The number of para-hydroxylation sites is 2. The Kier molecular flexibility index (Phi) is 6.47. The molecular formula is C42H30N4O2. The second-order valence-electron chi connectivity index (χ2n) is 12.0. The van der Waals surface area contributed by atoms with Crippen molar-refractivity contribution in [3.63, 3.8) is 0 Å². The average molecular weight is 623 g/mol. The van der Waals surface area contributed by atoms with Gasteiger partial charge in [0.05, 0.1) is 5.56 Å². The Morgan fingerprint density at radius 3 is 2.12 bits per heavy atom. The maximum Gasteiger partial charge on any atom is 0.199 e. The first kappa shape index (κ1) is 27.9. The third kappa shape index (κ3) is 4.57. The van der Waals surface area contributed by atoms with Gasteiger partial charge >= 0.3 is 0 Å². The van der Waals surface area contributed by atoms with E-state index in [0.717, 1.165) is 66.3 Å². The summed E-state index contributed by atoms with van der Waals surface area (Å²) in [6, 6.07) is 45.6. The summed E-state index contributed by atoms with van der Waals surface area (Å²) in [6.07, 6.45) is 1.48. The number of allylic oxidation sites excluding steroid dienone is 1. The van der Waals surface area contributed by atoms with Crippen molar-refractivity contribution in [1.82, 2.24) is 5.32 Å². The van der Waals surface area contributed by atoms with Crippen molar-refractivity contribution in [3.05, 3.63) is 156 Å². The van der Waals surface area contributed by atoms with Crippen LogP contribution in [0.15, 0.2) is 158 Å². The van der Waals surface area contributed by atoms with Crippen molar-refractivity contribution in [3.8, 4) is 11.1 Å². The molecule has 0 radical (unpaired) electrons. The lowest BCUT2D eigenvalue weighted by Crippen LogP contribution is -2.36. The Bertz CT molecular complexity index is 2620. The number of furan rings is 2. The van der Waals surface area contributed by atoms with E-state index in [4.69, 9.17) is 24.6 Å². The molecule has 0 fully saturated rings. The van der Waals surface area contributed by atoms with Crippen molar-refractivity contribution in [2.75, 3.05) is 5.73 Å². The summed E-state index contributed by atoms with van der Waals surface area (Å²) in [5.74, 6) is 1.72. The van der Waals surface area contributed by atoms with Gasteiger partial charge in [-0.25, -0.2) is 9.98 Å². The van der Waals surface area contributed by atoms with E-state index in [1.165, 1.54) is 10.8 Å². The standard InChI is InChI=1S/C42H30N4O2/c1-2-30(38-32-13-6-8-16-35(32)48-39(38)43)41-44-40(27-21-18-26(19-22-27)29-23-20-25-10-3-4-11-28(25)24-29)45-42(46-41)33-14-9-17-36-37(33)31-12-5-7-15-34(31)47-36/h2-24,42H,43H2,1H3,(H,44,45,46)/b30-2+. The van der Waals surface area contributed by atoms with Crippen molar-refractivity contribution in [2.24, 2.45) is 9.98 Å². The Labute approximate surface area is 276 Å². The molecule has 9 rings (SSSR count). The number of nitrogens with two attached hydrogens (primary N) is 1. The van der Waals surface area contributed by atoms with Crippen molar-refractivity contribution in [2.45, 2.75) is 13.1 Å². The molecule has 6 aromatic carbocycles. The maximum atomic E-state index is 6.52. The van der Waals surface area contributed by atoms with Gasteiger partial charge in [-0.2, -0.15) is 0 Å². The highest BCUT2D eigenvalue weighted by molar-refractivity contribution is 6.32. The monoisotopic (exact) mass is 622 g/mol. The number of hydrogen-bond donors (Lipinski definition) is 2. The molecule has 1 atom stereocenters. The zero-order valence-electron chi connectivity index (χ0n) is 26.1. The molecule has 0 saturated carbocycles. The van der Waals surface area contributed by atoms with Crippen LogP contribution in [0.3, 0.4) is 0 Å². The number of nitrogens with one attached hydrogen (secondary N) is 1. The first-order valence-electron chi connectivity index (χ1n) is 16.0. The first-order chi connectivity index (χ1) is 23.6. The molecule has 2 aromatic heterocycles. The Hall–Kier alpha value is -6.40. The van der Waals surface area contributed by atoms with Crippen LogP contribution in [0.5, 0.6) is 0 Å². The maximum absolute atomic E-state index is 6.52. The van der Waals surface area contributed by atoms with Crippen LogP contribution >= 0.6 is 0 Å². The molecule has 0 bridgehead atoms. The number of aliphatic imine (C=N–C) groups is 2. The molecule has 0 amide bonds. The number of amidine groups is 2. The second-order valence-corrected chi connectivity index (χ2v) is 12.0. The average Bonchev–Trinajstić information content (AvgIpc) is 3.69. The van der Waals surface area contributed by atoms with E-state index in [2.05, 4.69) is 84.2 Å². The van der Waals surface area contributed by atoms with E-state index in [1.807, 2.05) is 67.6 Å². The lowest BCUT2D eigenvalue weighted by molar-refractivity contribution is 0.636. The van der Waals surface area contributed by atoms with Gasteiger partial charge in [-0.3, -0.25) is 0 Å². The van der Waals surface area contributed by atoms with Gasteiger partial charge < -0.3 is 19.9 Å². The number of anilines is 1. The summed E-state index contributed by atoms with van der Waals surface area (Å²) >= 11 is 0. The van der Waals surface area contributed by atoms with Gasteiger partial charge in [-0.15, -0.1) is 0 Å². The smallest absolute Gasteiger partial charge is 0.199 e. The highest BCUT2D eigenvalue weighted by Gasteiger charge is 2.27. The third-order valence-electron chi connectivity index (χ3n) is 9.13. The van der Waals surface area contributed by atoms with Crippen LogP contribution < -0.4 is 11.1 Å². The van der Waals surface area contributed by atoms with Crippen LogP contribution in [0.25, 0.3) is 60.4 Å². The predicted octanol–water partition coefficient (Wildman–Crippen LogP) is 10.3. The Balaban J connectivity index is 1.18. The van der Waals surface area contributed by atoms with E-state index in [9.17, 15) is 0 Å². The molecule has 1 aliphatic rings. The molecule has 6 nitrogen and oxygen atoms in total. The molecule has 8 aromatic rings. The number of benzene rings is 6. The largest absolute Gasteiger partial charge is 0.456 e. The van der Waals surface area contributed by atoms with Gasteiger partial charge in [0.2, 0.25) is 0 Å². The molecule has 0 aliphatic carbocycles. The van der Waals surface area contributed by atoms with E-state index < -0.39 is 6.17 Å². The quantitative estimate of drug-likeness (QED) is 0.200. The van der Waals surface area contributed by atoms with E-state index in [0.29, 0.717) is 17.6 Å². The molecule has 48 heavy (non-hydrogen) atoms. The molecule has 6 heteroatoms. The molecule has 3 N–H and O–H groups in total. The highest BCUT2D eigenvalue weighted by atomic mass is 16.3. The van der Waals surface area contributed by atoms with Crippen molar-refractivity contribution < 1.29 is 8.83 Å². The summed E-state index contributed by atoms with van der Waals surface area (Å²) < 4.78 is 12.2. The molecule has 1 unspecified atom stereocenters. The fourth-order valence-electron chi connectivity index (χ4n) is 6.82. The molecule has 0 saturated heterocycles. The van der Waals surface area contributed by atoms with Crippen LogP contribution in [-0.4, -0.2) is 11.7 Å². The Morgan fingerprint density at radius 1 is 0.646 bits per heavy atom. The third-order valence-corrected chi connectivity index (χ3v) is 9.13. The van der Waals surface area contributed by atoms with E-state index in [-0.39, 0.29) is 0 Å². The van der Waals surface area contributed by atoms with Gasteiger partial charge in [0, 0.05) is 32.9 Å². The van der Waals surface area contributed by atoms with Gasteiger partial charge in [-0.05, 0) is 53.1 Å². The Morgan fingerprint density at radius 2 is 1.31 bits per heavy atom. The number of nitrogen functional groups attached to an aromatic ring is 1. The number of nitrogens with zero attached hydrogens (tertiary/aromatic N) is 2. The second kappa shape index (κ2) is 11.1. The SMILES string of the molecule is C/C=C(/C1=NC(c2cccc3oc4ccccc4c23)N=C(c2ccc(-c3ccc4ccccc4c3)cc2)N1)c1c(N)oc2ccccc12. The fourth-order valence-corrected chi connectivity index (χ4v) is 6.82. The predicted molar refractivity (Wildman–Crippen MR) is 197 cm³/mol. The minimum atomic E-state index is -0.546. The van der Waals surface area contributed by atoms with Gasteiger partial charge in [0.15, 0.2) is 12.0 Å². The fraction of sp³-hybridized carbons (Fsp3) is 0.0476. The van der Waals surface area contributed by atoms with Crippen molar-refractivity contribution >= 4 is 66.8 Å². The van der Waals surface area contributed by atoms with Crippen molar-refractivity contribution in [1.29, 1.82) is 0 Å². The van der Waals surface area contributed by atoms with E-state index in [1.54, 1.807) is 0 Å². The summed E-state index contributed by atoms with van der Waals surface area (Å²) in [4.78, 5) is 10.5. The first-order valence-corrected chi connectivity index (χ1v) is 16.0. The zero-order chi connectivity index (χ0) is 32.2. The number of fused-ring (bicyclic) bond motifs is 5. The summed E-state index contributed by atoms with van der Waals surface area (Å²) in [5, 5.41) is 8.98. The van der Waals surface area contributed by atoms with Gasteiger partial charge in [0.25, 0.3) is 0 Å². The normalized spacial score (nSPS) is 15.2. The summed E-state index contributed by atoms with van der Waals surface area (Å²) in [6.45, 7) is 1.99. The lowest BCUT2D eigenvalue weighted by Gasteiger charge is -2.24. The molecule has 3 heterocycles. The molecular weight excluding hydrogens is 592 g/mol. The van der Waals surface area contributed by atoms with Crippen LogP contribution in [0, 0.1) is 0 Å². The van der Waals surface area contributed by atoms with Gasteiger partial charge in [-0.1, -0.05) is 115 Å². The minimum absolute atomic E-state index is 0.345.